The molecular formula is H4KNaNiO4S. The summed E-state index contributed by atoms with van der Waals surface area (Å²) in [6.07, 6.45) is 0. The van der Waals surface area contributed by atoms with Crippen LogP contribution in [-0.4, -0.2) is 98.5 Å². The van der Waals surface area contributed by atoms with Crippen molar-refractivity contribution in [2.45, 2.75) is 0 Å². The smallest absolute Gasteiger partial charge is 0 e. The normalized spacial score (nSPS) is 7.25. The number of rotatable bonds is 0. The van der Waals surface area contributed by atoms with E-state index in [1.807, 2.05) is 0 Å². The molecule has 0 unspecified atom stereocenters. The van der Waals surface area contributed by atoms with E-state index in [1.165, 1.54) is 0 Å². The minimum Gasteiger partial charge on any atom is 0 e. The van der Waals surface area contributed by atoms with Crippen LogP contribution < -0.4 is 0 Å². The summed E-state index contributed by atoms with van der Waals surface area (Å²) in [6.45, 7) is 0. The first-order valence-electron chi connectivity index (χ1n) is 0.698. The molecule has 0 fully saturated rings. The second-order valence-electron chi connectivity index (χ2n) is 0.448. The summed E-state index contributed by atoms with van der Waals surface area (Å²) in [5, 5.41) is 0. The molecule has 0 aromatic heterocycles. The Labute approximate surface area is 122 Å². The van der Waals surface area contributed by atoms with E-state index in [4.69, 9.17) is 17.5 Å². The Morgan fingerprint density at radius 1 is 1.12 bits per heavy atom. The molecular weight excluding hydrogens is 217 g/mol. The molecule has 2 N–H and O–H groups in total. The van der Waals surface area contributed by atoms with E-state index in [2.05, 4.69) is 0 Å². The first-order chi connectivity index (χ1) is 2.00. The second kappa shape index (κ2) is 10.00. The van der Waals surface area contributed by atoms with Crippen molar-refractivity contribution in [2.75, 3.05) is 0 Å². The molecule has 0 aromatic carbocycles. The van der Waals surface area contributed by atoms with Gasteiger partial charge in [0.2, 0.25) is 0 Å². The minimum atomic E-state index is -4.67. The molecule has 0 atom stereocenters. The molecule has 0 aliphatic heterocycles. The quantitative estimate of drug-likeness (QED) is 0.368. The molecule has 0 bridgehead atoms. The van der Waals surface area contributed by atoms with Crippen molar-refractivity contribution in [2.24, 2.45) is 0 Å². The summed E-state index contributed by atoms with van der Waals surface area (Å²) in [5.74, 6) is 0. The third-order valence-electron chi connectivity index (χ3n) is 0. The monoisotopic (exact) mass is 220 g/mol. The fourth-order valence-electron chi connectivity index (χ4n) is 0. The van der Waals surface area contributed by atoms with Gasteiger partial charge in [0.1, 0.15) is 0 Å². The zero-order valence-electron chi connectivity index (χ0n) is 2.44. The fourth-order valence-corrected chi connectivity index (χ4v) is 0. The van der Waals surface area contributed by atoms with Gasteiger partial charge in [0.15, 0.2) is 0 Å². The average molecular weight is 221 g/mol. The third-order valence-corrected chi connectivity index (χ3v) is 0. The summed E-state index contributed by atoms with van der Waals surface area (Å²) in [5.41, 5.74) is 0. The minimum absolute atomic E-state index is 0. The molecule has 0 saturated carbocycles. The molecule has 8 heteroatoms. The predicted octanol–water partition coefficient (Wildman–Crippen LogP) is -1.95. The Bertz CT molecular complexity index is 99.2. The zero-order valence-corrected chi connectivity index (χ0v) is 4.24. The number of hydrogen-bond acceptors (Lipinski definition) is 2. The van der Waals surface area contributed by atoms with Crippen LogP contribution in [0.2, 0.25) is 0 Å². The van der Waals surface area contributed by atoms with Crippen molar-refractivity contribution in [3.63, 3.8) is 0 Å². The van der Waals surface area contributed by atoms with Crippen molar-refractivity contribution < 1.29 is 34.0 Å². The SMILES string of the molecule is O=S(=O)(O)O.[KH].[NaH].[Ni]. The van der Waals surface area contributed by atoms with E-state index < -0.39 is 10.4 Å². The summed E-state index contributed by atoms with van der Waals surface area (Å²) >= 11 is 0. The first-order valence-corrected chi connectivity index (χ1v) is 2.10. The van der Waals surface area contributed by atoms with Crippen LogP contribution in [0.15, 0.2) is 0 Å². The molecule has 0 amide bonds. The molecule has 0 aliphatic carbocycles. The predicted molar refractivity (Wildman–Crippen MR) is 28.5 cm³/mol. The Morgan fingerprint density at radius 2 is 1.12 bits per heavy atom. The van der Waals surface area contributed by atoms with Gasteiger partial charge in [-0.05, 0) is 0 Å². The first kappa shape index (κ1) is 22.4. The van der Waals surface area contributed by atoms with Crippen LogP contribution in [0.4, 0.5) is 0 Å². The van der Waals surface area contributed by atoms with Crippen molar-refractivity contribution in [3.8, 4) is 0 Å². The Kier molecular flexibility index (Phi) is 28.1. The van der Waals surface area contributed by atoms with E-state index in [9.17, 15) is 0 Å². The Morgan fingerprint density at radius 3 is 1.12 bits per heavy atom. The molecule has 0 saturated heterocycles. The molecule has 0 heterocycles. The molecule has 0 aromatic rings. The zero-order chi connectivity index (χ0) is 4.50. The Balaban J connectivity index is -0.0000000267. The van der Waals surface area contributed by atoms with Crippen LogP contribution in [0.5, 0.6) is 0 Å². The van der Waals surface area contributed by atoms with Gasteiger partial charge in [0.05, 0.1) is 0 Å². The number of hydrogen-bond donors (Lipinski definition) is 2. The van der Waals surface area contributed by atoms with Crippen molar-refractivity contribution in [1.82, 2.24) is 0 Å². The summed E-state index contributed by atoms with van der Waals surface area (Å²) < 4.78 is 31.6. The maximum absolute atomic E-state index is 8.74. The summed E-state index contributed by atoms with van der Waals surface area (Å²) in [7, 11) is -4.67. The van der Waals surface area contributed by atoms with Crippen molar-refractivity contribution >= 4 is 91.3 Å². The van der Waals surface area contributed by atoms with Crippen LogP contribution in [-0.2, 0) is 26.9 Å². The Hall–Kier alpha value is 3.00. The van der Waals surface area contributed by atoms with Crippen LogP contribution in [0.25, 0.3) is 0 Å². The fraction of sp³-hybridized carbons (Fsp3) is 0. The summed E-state index contributed by atoms with van der Waals surface area (Å²) in [6, 6.07) is 0. The maximum Gasteiger partial charge on any atom is 0 e. The molecule has 0 rings (SSSR count). The van der Waals surface area contributed by atoms with E-state index in [-0.39, 0.29) is 97.4 Å². The summed E-state index contributed by atoms with van der Waals surface area (Å²) in [4.78, 5) is 0. The molecule has 0 spiro atoms. The second-order valence-corrected chi connectivity index (χ2v) is 1.34. The van der Waals surface area contributed by atoms with Gasteiger partial charge in [-0.25, -0.2) is 0 Å². The molecule has 46 valence electrons. The van der Waals surface area contributed by atoms with Gasteiger partial charge >= 0.3 is 91.3 Å². The van der Waals surface area contributed by atoms with E-state index in [1.54, 1.807) is 0 Å². The van der Waals surface area contributed by atoms with Gasteiger partial charge in [0.25, 0.3) is 0 Å². The largest absolute Gasteiger partial charge is 0 e. The van der Waals surface area contributed by atoms with Crippen molar-refractivity contribution in [3.05, 3.63) is 0 Å². The average Bonchev–Trinajstić information content (AvgIpc) is 0.722. The molecule has 0 radical (unpaired) electrons. The van der Waals surface area contributed by atoms with Crippen LogP contribution in [0.1, 0.15) is 0 Å². The van der Waals surface area contributed by atoms with Gasteiger partial charge in [-0.15, -0.1) is 0 Å². The van der Waals surface area contributed by atoms with Crippen LogP contribution >= 0.6 is 0 Å². The van der Waals surface area contributed by atoms with E-state index in [0.29, 0.717) is 0 Å². The van der Waals surface area contributed by atoms with Crippen molar-refractivity contribution in [1.29, 1.82) is 0 Å². The van der Waals surface area contributed by atoms with Gasteiger partial charge in [-0.1, -0.05) is 0 Å². The molecule has 4 nitrogen and oxygen atoms in total. The van der Waals surface area contributed by atoms with Crippen LogP contribution in [0.3, 0.4) is 0 Å². The van der Waals surface area contributed by atoms with Crippen LogP contribution in [0, 0.1) is 0 Å². The molecule has 8 heavy (non-hydrogen) atoms. The van der Waals surface area contributed by atoms with Gasteiger partial charge in [-0.2, -0.15) is 8.42 Å². The van der Waals surface area contributed by atoms with E-state index >= 15 is 0 Å². The van der Waals surface area contributed by atoms with Gasteiger partial charge in [-0.3, -0.25) is 9.11 Å². The topological polar surface area (TPSA) is 74.6 Å². The van der Waals surface area contributed by atoms with Gasteiger partial charge < -0.3 is 0 Å². The standard InChI is InChI=1S/K.Na.Ni.H2O4S.2H/c;;;1-5(2,3)4;;/h;;;(H2,1,2,3,4);;. The van der Waals surface area contributed by atoms with E-state index in [0.717, 1.165) is 0 Å². The maximum atomic E-state index is 8.74. The van der Waals surface area contributed by atoms with Gasteiger partial charge in [0, 0.05) is 16.5 Å². The molecule has 0 aliphatic rings. The third kappa shape index (κ3) is 64.0.